The van der Waals surface area contributed by atoms with E-state index in [1.807, 2.05) is 0 Å². The molecule has 0 spiro atoms. The number of carbonyl (C=O) groups is 1. The molecule has 1 aromatic carbocycles. The van der Waals surface area contributed by atoms with E-state index in [1.54, 1.807) is 60.6 Å². The molecule has 1 fully saturated rings. The van der Waals surface area contributed by atoms with E-state index in [2.05, 4.69) is 4.98 Å². The van der Waals surface area contributed by atoms with Crippen molar-refractivity contribution in [1.29, 1.82) is 0 Å². The number of hydrogen-bond acceptors (Lipinski definition) is 5. The van der Waals surface area contributed by atoms with Crippen molar-refractivity contribution in [3.05, 3.63) is 54.4 Å². The van der Waals surface area contributed by atoms with E-state index < -0.39 is 10.0 Å². The lowest BCUT2D eigenvalue weighted by Crippen LogP contribution is -2.44. The Bertz CT molecular complexity index is 948. The molecule has 0 saturated carbocycles. The molecule has 0 unspecified atom stereocenters. The fraction of sp³-hybridized carbons (Fsp3) is 0.368. The number of likely N-dealkylation sites (tertiary alicyclic amines) is 1. The first-order chi connectivity index (χ1) is 13.0. The summed E-state index contributed by atoms with van der Waals surface area (Å²) in [6.45, 7) is 0.947. The number of pyridine rings is 1. The molecule has 1 amide bonds. The van der Waals surface area contributed by atoms with Gasteiger partial charge in [0.05, 0.1) is 6.04 Å². The highest BCUT2D eigenvalue weighted by molar-refractivity contribution is 7.89. The molecule has 0 bridgehead atoms. The zero-order valence-corrected chi connectivity index (χ0v) is 15.8. The van der Waals surface area contributed by atoms with Crippen LogP contribution in [0.15, 0.2) is 53.6 Å². The second-order valence-corrected chi connectivity index (χ2v) is 8.74. The Morgan fingerprint density at radius 1 is 1.11 bits per heavy atom. The van der Waals surface area contributed by atoms with Gasteiger partial charge in [-0.25, -0.2) is 8.42 Å². The molecule has 7 nitrogen and oxygen atoms in total. The average Bonchev–Trinajstić information content (AvgIpc) is 2.93. The number of fused-ring (bicyclic) bond motifs is 2. The van der Waals surface area contributed by atoms with Gasteiger partial charge in [0.15, 0.2) is 0 Å². The minimum atomic E-state index is -3.64. The summed E-state index contributed by atoms with van der Waals surface area (Å²) in [6, 6.07) is 11.6. The maximum absolute atomic E-state index is 13.0. The summed E-state index contributed by atoms with van der Waals surface area (Å²) in [7, 11) is -2.05. The van der Waals surface area contributed by atoms with E-state index >= 15 is 0 Å². The number of rotatable bonds is 1. The van der Waals surface area contributed by atoms with Crippen LogP contribution < -0.4 is 4.74 Å². The van der Waals surface area contributed by atoms with Crippen molar-refractivity contribution in [3.63, 3.8) is 0 Å². The maximum atomic E-state index is 13.0. The number of sulfonamides is 1. The van der Waals surface area contributed by atoms with Crippen LogP contribution in [0.25, 0.3) is 0 Å². The molecule has 4 rings (SSSR count). The number of para-hydroxylation sites is 1. The number of hydrogen-bond donors (Lipinski definition) is 0. The van der Waals surface area contributed by atoms with Crippen molar-refractivity contribution in [2.24, 2.45) is 0 Å². The first-order valence-corrected chi connectivity index (χ1v) is 10.4. The summed E-state index contributed by atoms with van der Waals surface area (Å²) in [4.78, 5) is 18.8. The molecular weight excluding hydrogens is 366 g/mol. The molecule has 1 saturated heterocycles. The molecule has 1 aromatic heterocycles. The largest absolute Gasteiger partial charge is 0.487 e. The zero-order valence-electron chi connectivity index (χ0n) is 15.0. The van der Waals surface area contributed by atoms with Crippen molar-refractivity contribution < 1.29 is 17.9 Å². The van der Waals surface area contributed by atoms with E-state index in [0.29, 0.717) is 37.4 Å². The Morgan fingerprint density at radius 3 is 2.63 bits per heavy atom. The van der Waals surface area contributed by atoms with Crippen LogP contribution in [0.5, 0.6) is 5.75 Å². The summed E-state index contributed by atoms with van der Waals surface area (Å²) in [5.41, 5.74) is 0.395. The third-order valence-corrected chi connectivity index (χ3v) is 7.15. The molecule has 0 aliphatic carbocycles. The Morgan fingerprint density at radius 2 is 1.85 bits per heavy atom. The summed E-state index contributed by atoms with van der Waals surface area (Å²) in [5, 5.41) is 0. The van der Waals surface area contributed by atoms with E-state index in [9.17, 15) is 13.2 Å². The van der Waals surface area contributed by atoms with Gasteiger partial charge >= 0.3 is 0 Å². The van der Waals surface area contributed by atoms with Gasteiger partial charge in [0.2, 0.25) is 10.0 Å². The molecule has 142 valence electrons. The van der Waals surface area contributed by atoms with Crippen molar-refractivity contribution >= 4 is 15.9 Å². The van der Waals surface area contributed by atoms with Crippen molar-refractivity contribution in [2.75, 3.05) is 20.1 Å². The van der Waals surface area contributed by atoms with Gasteiger partial charge in [-0.3, -0.25) is 9.78 Å². The normalized spacial score (nSPS) is 24.7. The summed E-state index contributed by atoms with van der Waals surface area (Å²) in [6.07, 6.45) is 2.34. The van der Waals surface area contributed by atoms with Crippen LogP contribution >= 0.6 is 0 Å². The third kappa shape index (κ3) is 3.19. The number of aromatic nitrogens is 1. The van der Waals surface area contributed by atoms with Crippen molar-refractivity contribution in [1.82, 2.24) is 14.2 Å². The van der Waals surface area contributed by atoms with Crippen LogP contribution in [0.2, 0.25) is 0 Å². The SMILES string of the molecule is CN1[C@@H]2CCN(C(=O)c3ccccn3)CC[C@H]2Oc2ccccc2S1(=O)=O. The van der Waals surface area contributed by atoms with Gasteiger partial charge in [-0.15, -0.1) is 0 Å². The summed E-state index contributed by atoms with van der Waals surface area (Å²) in [5.74, 6) is 0.235. The lowest BCUT2D eigenvalue weighted by molar-refractivity contribution is 0.0749. The van der Waals surface area contributed by atoms with Gasteiger partial charge in [0.1, 0.15) is 22.4 Å². The van der Waals surface area contributed by atoms with Gasteiger partial charge in [0, 0.05) is 32.8 Å². The maximum Gasteiger partial charge on any atom is 0.272 e. The lowest BCUT2D eigenvalue weighted by Gasteiger charge is -2.28. The number of benzene rings is 1. The fourth-order valence-corrected chi connectivity index (χ4v) is 5.25. The van der Waals surface area contributed by atoms with Gasteiger partial charge in [-0.1, -0.05) is 18.2 Å². The highest BCUT2D eigenvalue weighted by atomic mass is 32.2. The van der Waals surface area contributed by atoms with Crippen LogP contribution in [0.4, 0.5) is 0 Å². The van der Waals surface area contributed by atoms with E-state index in [1.165, 1.54) is 4.31 Å². The molecule has 0 N–H and O–H groups in total. The first-order valence-electron chi connectivity index (χ1n) is 8.92. The number of nitrogens with zero attached hydrogens (tertiary/aromatic N) is 3. The minimum Gasteiger partial charge on any atom is -0.487 e. The van der Waals surface area contributed by atoms with Crippen molar-refractivity contribution in [3.8, 4) is 5.75 Å². The standard InChI is InChI=1S/C19H21N3O4S/c1-21-15-9-12-22(19(23)14-6-4-5-11-20-14)13-10-16(15)26-17-7-2-3-8-18(17)27(21,24)25/h2-8,11,15-16H,9-10,12-13H2,1H3/t15-,16-/m1/s1. The lowest BCUT2D eigenvalue weighted by atomic mass is 10.1. The Balaban J connectivity index is 1.62. The van der Waals surface area contributed by atoms with Gasteiger partial charge in [-0.05, 0) is 30.7 Å². The van der Waals surface area contributed by atoms with E-state index in [-0.39, 0.29) is 22.9 Å². The van der Waals surface area contributed by atoms with Crippen molar-refractivity contribution in [2.45, 2.75) is 29.9 Å². The molecule has 2 aliphatic rings. The zero-order chi connectivity index (χ0) is 19.0. The van der Waals surface area contributed by atoms with Gasteiger partial charge in [-0.2, -0.15) is 4.31 Å². The van der Waals surface area contributed by atoms with E-state index in [0.717, 1.165) is 0 Å². The highest BCUT2D eigenvalue weighted by Crippen LogP contribution is 2.35. The van der Waals surface area contributed by atoms with Gasteiger partial charge in [0.25, 0.3) is 5.91 Å². The fourth-order valence-electron chi connectivity index (χ4n) is 3.73. The van der Waals surface area contributed by atoms with Crippen LogP contribution in [-0.4, -0.2) is 60.8 Å². The Labute approximate surface area is 158 Å². The molecule has 2 aromatic rings. The second-order valence-electron chi connectivity index (χ2n) is 6.78. The molecular formula is C19H21N3O4S. The summed E-state index contributed by atoms with van der Waals surface area (Å²) < 4.78 is 33.5. The number of likely N-dealkylation sites (N-methyl/N-ethyl adjacent to an activating group) is 1. The number of amides is 1. The predicted octanol–water partition coefficient (Wildman–Crippen LogP) is 1.77. The van der Waals surface area contributed by atoms with Crippen LogP contribution in [0.3, 0.4) is 0 Å². The molecule has 2 atom stereocenters. The Hall–Kier alpha value is -2.45. The molecule has 3 heterocycles. The van der Waals surface area contributed by atoms with Crippen LogP contribution in [0, 0.1) is 0 Å². The smallest absolute Gasteiger partial charge is 0.272 e. The third-order valence-electron chi connectivity index (χ3n) is 5.23. The first kappa shape index (κ1) is 17.9. The topological polar surface area (TPSA) is 79.8 Å². The average molecular weight is 387 g/mol. The molecule has 27 heavy (non-hydrogen) atoms. The molecule has 2 aliphatic heterocycles. The highest BCUT2D eigenvalue weighted by Gasteiger charge is 2.41. The molecule has 0 radical (unpaired) electrons. The number of carbonyl (C=O) groups excluding carboxylic acids is 1. The van der Waals surface area contributed by atoms with Crippen LogP contribution in [-0.2, 0) is 10.0 Å². The Kier molecular flexibility index (Phi) is 4.61. The summed E-state index contributed by atoms with van der Waals surface area (Å²) >= 11 is 0. The molecule has 8 heteroatoms. The monoisotopic (exact) mass is 387 g/mol. The van der Waals surface area contributed by atoms with E-state index in [4.69, 9.17) is 4.74 Å². The second kappa shape index (κ2) is 6.94. The van der Waals surface area contributed by atoms with Gasteiger partial charge < -0.3 is 9.64 Å². The predicted molar refractivity (Wildman–Crippen MR) is 99.0 cm³/mol. The minimum absolute atomic E-state index is 0.141. The number of ether oxygens (including phenoxy) is 1. The quantitative estimate of drug-likeness (QED) is 0.745. The van der Waals surface area contributed by atoms with Crippen LogP contribution in [0.1, 0.15) is 23.3 Å².